The number of nitrogens with zero attached hydrogens (tertiary/aromatic N) is 2. The van der Waals surface area contributed by atoms with Crippen molar-refractivity contribution in [2.75, 3.05) is 11.9 Å². The minimum Gasteiger partial charge on any atom is -0.481 e. The van der Waals surface area contributed by atoms with Gasteiger partial charge in [-0.3, -0.25) is 4.79 Å². The van der Waals surface area contributed by atoms with Gasteiger partial charge >= 0.3 is 5.97 Å². The van der Waals surface area contributed by atoms with E-state index in [-0.39, 0.29) is 0 Å². The lowest BCUT2D eigenvalue weighted by Crippen LogP contribution is -2.20. The van der Waals surface area contributed by atoms with Crippen LogP contribution in [0.5, 0.6) is 0 Å². The predicted molar refractivity (Wildman–Crippen MR) is 61.3 cm³/mol. The fourth-order valence-corrected chi connectivity index (χ4v) is 1.23. The van der Waals surface area contributed by atoms with Gasteiger partial charge in [-0.2, -0.15) is 0 Å². The molecule has 0 bridgehead atoms. The number of hydrogen-bond acceptors (Lipinski definition) is 4. The first-order valence-corrected chi connectivity index (χ1v) is 5.41. The molecule has 1 aromatic rings. The third-order valence-corrected chi connectivity index (χ3v) is 2.24. The molecule has 1 atom stereocenters. The number of nitrogens with one attached hydrogen (secondary N) is 1. The molecule has 0 aliphatic rings. The minimum atomic E-state index is -0.810. The van der Waals surface area contributed by atoms with Crippen LogP contribution in [0.15, 0.2) is 12.4 Å². The fourth-order valence-electron chi connectivity index (χ4n) is 1.23. The Kier molecular flexibility index (Phi) is 4.69. The molecule has 1 heterocycles. The second-order valence-electron chi connectivity index (χ2n) is 3.76. The van der Waals surface area contributed by atoms with Crippen LogP contribution in [0.3, 0.4) is 0 Å². The Bertz CT molecular complexity index is 355. The molecule has 5 nitrogen and oxygen atoms in total. The summed E-state index contributed by atoms with van der Waals surface area (Å²) in [7, 11) is 0. The summed E-state index contributed by atoms with van der Waals surface area (Å²) in [5, 5.41) is 11.7. The van der Waals surface area contributed by atoms with Gasteiger partial charge in [-0.05, 0) is 6.42 Å². The van der Waals surface area contributed by atoms with E-state index in [0.29, 0.717) is 12.4 Å². The van der Waals surface area contributed by atoms with Gasteiger partial charge in [0.1, 0.15) is 12.1 Å². The van der Waals surface area contributed by atoms with Crippen LogP contribution in [0.1, 0.15) is 26.0 Å². The molecule has 2 N–H and O–H groups in total. The minimum absolute atomic E-state index is 0.373. The number of carboxylic acids is 1. The largest absolute Gasteiger partial charge is 0.481 e. The lowest BCUT2D eigenvalue weighted by atomic mass is 10.2. The quantitative estimate of drug-likeness (QED) is 0.765. The van der Waals surface area contributed by atoms with Gasteiger partial charge in [-0.15, -0.1) is 0 Å². The maximum atomic E-state index is 10.6. The van der Waals surface area contributed by atoms with Gasteiger partial charge in [0, 0.05) is 18.3 Å². The number of rotatable bonds is 6. The van der Waals surface area contributed by atoms with E-state index in [1.807, 2.05) is 6.07 Å². The summed E-state index contributed by atoms with van der Waals surface area (Å²) in [4.78, 5) is 18.8. The number of carbonyl (C=O) groups is 1. The van der Waals surface area contributed by atoms with Gasteiger partial charge in [-0.25, -0.2) is 9.97 Å². The van der Waals surface area contributed by atoms with Crippen molar-refractivity contribution in [3.8, 4) is 0 Å². The monoisotopic (exact) mass is 223 g/mol. The average Bonchev–Trinajstić information content (AvgIpc) is 2.26. The molecule has 0 fully saturated rings. The van der Waals surface area contributed by atoms with Crippen molar-refractivity contribution >= 4 is 11.8 Å². The van der Waals surface area contributed by atoms with Crippen LogP contribution in [-0.2, 0) is 11.2 Å². The Labute approximate surface area is 94.9 Å². The van der Waals surface area contributed by atoms with E-state index in [1.165, 1.54) is 6.33 Å². The molecule has 1 unspecified atom stereocenters. The van der Waals surface area contributed by atoms with Gasteiger partial charge in [0.25, 0.3) is 0 Å². The van der Waals surface area contributed by atoms with Crippen molar-refractivity contribution in [2.24, 2.45) is 5.92 Å². The predicted octanol–water partition coefficient (Wildman–Crippen LogP) is 1.56. The first kappa shape index (κ1) is 12.4. The molecular weight excluding hydrogens is 206 g/mol. The lowest BCUT2D eigenvalue weighted by Gasteiger charge is -2.09. The number of carboxylic acid groups (broad SMARTS) is 1. The van der Waals surface area contributed by atoms with Crippen molar-refractivity contribution in [1.82, 2.24) is 9.97 Å². The number of aryl methyl sites for hydroxylation is 1. The summed E-state index contributed by atoms with van der Waals surface area (Å²) in [5.74, 6) is -0.550. The highest BCUT2D eigenvalue weighted by atomic mass is 16.4. The van der Waals surface area contributed by atoms with Crippen LogP contribution < -0.4 is 5.32 Å². The Morgan fingerprint density at radius 3 is 2.94 bits per heavy atom. The Morgan fingerprint density at radius 2 is 2.31 bits per heavy atom. The average molecular weight is 223 g/mol. The van der Waals surface area contributed by atoms with Crippen molar-refractivity contribution in [3.05, 3.63) is 18.1 Å². The number of anilines is 1. The lowest BCUT2D eigenvalue weighted by molar-refractivity contribution is -0.140. The second-order valence-corrected chi connectivity index (χ2v) is 3.76. The first-order chi connectivity index (χ1) is 7.63. The van der Waals surface area contributed by atoms with E-state index in [1.54, 1.807) is 6.92 Å². The van der Waals surface area contributed by atoms with Crippen LogP contribution in [0.4, 0.5) is 5.82 Å². The summed E-state index contributed by atoms with van der Waals surface area (Å²) in [6, 6.07) is 1.86. The van der Waals surface area contributed by atoms with E-state index in [4.69, 9.17) is 5.11 Å². The van der Waals surface area contributed by atoms with Crippen LogP contribution in [-0.4, -0.2) is 27.6 Å². The molecule has 0 aromatic carbocycles. The Balaban J connectivity index is 2.53. The van der Waals surface area contributed by atoms with Gasteiger partial charge in [0.05, 0.1) is 5.92 Å². The van der Waals surface area contributed by atoms with Crippen molar-refractivity contribution in [2.45, 2.75) is 26.7 Å². The molecule has 1 rings (SSSR count). The smallest absolute Gasteiger partial charge is 0.308 e. The standard InChI is InChI=1S/C11H17N3O2/c1-3-4-9-5-10(14-7-13-9)12-6-8(2)11(15)16/h5,7-8H,3-4,6H2,1-2H3,(H,15,16)(H,12,13,14). The summed E-state index contributed by atoms with van der Waals surface area (Å²) >= 11 is 0. The van der Waals surface area contributed by atoms with E-state index >= 15 is 0 Å². The SMILES string of the molecule is CCCc1cc(NCC(C)C(=O)O)ncn1. The van der Waals surface area contributed by atoms with E-state index in [0.717, 1.165) is 18.5 Å². The third-order valence-electron chi connectivity index (χ3n) is 2.24. The van der Waals surface area contributed by atoms with Crippen LogP contribution in [0, 0.1) is 5.92 Å². The Morgan fingerprint density at radius 1 is 1.56 bits per heavy atom. The zero-order valence-electron chi connectivity index (χ0n) is 9.60. The molecule has 0 saturated carbocycles. The zero-order valence-corrected chi connectivity index (χ0v) is 9.60. The molecule has 0 amide bonds. The topological polar surface area (TPSA) is 75.1 Å². The normalized spacial score (nSPS) is 12.1. The van der Waals surface area contributed by atoms with Gasteiger partial charge in [0.15, 0.2) is 0 Å². The highest BCUT2D eigenvalue weighted by molar-refractivity contribution is 5.70. The molecule has 0 aliphatic heterocycles. The fraction of sp³-hybridized carbons (Fsp3) is 0.545. The second kappa shape index (κ2) is 6.05. The molecule has 0 saturated heterocycles. The van der Waals surface area contributed by atoms with E-state index in [2.05, 4.69) is 22.2 Å². The summed E-state index contributed by atoms with van der Waals surface area (Å²) < 4.78 is 0. The van der Waals surface area contributed by atoms with Crippen LogP contribution in [0.25, 0.3) is 0 Å². The molecule has 88 valence electrons. The number of aliphatic carboxylic acids is 1. The third kappa shape index (κ3) is 3.84. The van der Waals surface area contributed by atoms with E-state index < -0.39 is 11.9 Å². The highest BCUT2D eigenvalue weighted by Gasteiger charge is 2.10. The first-order valence-electron chi connectivity index (χ1n) is 5.41. The van der Waals surface area contributed by atoms with Crippen molar-refractivity contribution in [1.29, 1.82) is 0 Å². The van der Waals surface area contributed by atoms with Gasteiger partial charge < -0.3 is 10.4 Å². The van der Waals surface area contributed by atoms with Crippen LogP contribution in [0.2, 0.25) is 0 Å². The zero-order chi connectivity index (χ0) is 12.0. The Hall–Kier alpha value is -1.65. The molecule has 5 heteroatoms. The highest BCUT2D eigenvalue weighted by Crippen LogP contribution is 2.07. The summed E-state index contributed by atoms with van der Waals surface area (Å²) in [6.45, 7) is 4.11. The number of aromatic nitrogens is 2. The molecule has 0 spiro atoms. The molecular formula is C11H17N3O2. The van der Waals surface area contributed by atoms with E-state index in [9.17, 15) is 4.79 Å². The molecule has 16 heavy (non-hydrogen) atoms. The summed E-state index contributed by atoms with van der Waals surface area (Å²) in [5.41, 5.74) is 0.975. The maximum Gasteiger partial charge on any atom is 0.308 e. The number of hydrogen-bond donors (Lipinski definition) is 2. The molecule has 1 aromatic heterocycles. The van der Waals surface area contributed by atoms with Gasteiger partial charge in [-0.1, -0.05) is 20.3 Å². The molecule has 0 radical (unpaired) electrons. The molecule has 0 aliphatic carbocycles. The van der Waals surface area contributed by atoms with Gasteiger partial charge in [0.2, 0.25) is 0 Å². The maximum absolute atomic E-state index is 10.6. The van der Waals surface area contributed by atoms with Crippen molar-refractivity contribution in [3.63, 3.8) is 0 Å². The van der Waals surface area contributed by atoms with Crippen molar-refractivity contribution < 1.29 is 9.90 Å². The van der Waals surface area contributed by atoms with Crippen LogP contribution >= 0.6 is 0 Å². The summed E-state index contributed by atoms with van der Waals surface area (Å²) in [6.07, 6.45) is 3.44.